The first-order valence-electron chi connectivity index (χ1n) is 9.19. The Bertz CT molecular complexity index is 741. The van der Waals surface area contributed by atoms with Gasteiger partial charge in [-0.2, -0.15) is 0 Å². The molecular formula is C20H26ClN3O2. The van der Waals surface area contributed by atoms with Crippen molar-refractivity contribution in [1.82, 2.24) is 10.2 Å². The fourth-order valence-electron chi connectivity index (χ4n) is 3.88. The molecule has 4 atom stereocenters. The molecule has 1 aromatic carbocycles. The number of rotatable bonds is 4. The summed E-state index contributed by atoms with van der Waals surface area (Å²) in [7, 11) is 0. The second kappa shape index (κ2) is 8.20. The van der Waals surface area contributed by atoms with Crippen molar-refractivity contribution in [2.45, 2.75) is 45.3 Å². The zero-order valence-corrected chi connectivity index (χ0v) is 16.1. The number of carbonyl (C=O) groups excluding carboxylic acids is 1. The molecule has 2 fully saturated rings. The van der Waals surface area contributed by atoms with E-state index in [2.05, 4.69) is 22.1 Å². The molecule has 0 aliphatic carbocycles. The Labute approximate surface area is 160 Å². The van der Waals surface area contributed by atoms with Gasteiger partial charge in [-0.15, -0.1) is 5.92 Å². The van der Waals surface area contributed by atoms with Crippen LogP contribution in [0.2, 0.25) is 5.02 Å². The normalized spacial score (nSPS) is 25.6. The monoisotopic (exact) mass is 375 g/mol. The molecule has 3 N–H and O–H groups in total. The third kappa shape index (κ3) is 4.25. The van der Waals surface area contributed by atoms with Gasteiger partial charge in [0, 0.05) is 25.2 Å². The highest BCUT2D eigenvalue weighted by Crippen LogP contribution is 2.31. The van der Waals surface area contributed by atoms with Crippen LogP contribution in [0.5, 0.6) is 5.75 Å². The van der Waals surface area contributed by atoms with Crippen molar-refractivity contribution in [2.24, 2.45) is 5.92 Å². The van der Waals surface area contributed by atoms with Gasteiger partial charge in [0.05, 0.1) is 16.3 Å². The van der Waals surface area contributed by atoms with Gasteiger partial charge in [-0.25, -0.2) is 0 Å². The number of hydrogen-bond donors (Lipinski definition) is 2. The summed E-state index contributed by atoms with van der Waals surface area (Å²) in [6, 6.07) is 3.38. The number of nitrogens with two attached hydrogens (primary N) is 1. The molecule has 0 spiro atoms. The number of carbonyl (C=O) groups is 1. The number of halogens is 1. The van der Waals surface area contributed by atoms with Gasteiger partial charge in [0.15, 0.2) is 6.10 Å². The van der Waals surface area contributed by atoms with Gasteiger partial charge < -0.3 is 20.7 Å². The van der Waals surface area contributed by atoms with Gasteiger partial charge in [0.1, 0.15) is 5.75 Å². The van der Waals surface area contributed by atoms with E-state index in [4.69, 9.17) is 22.1 Å². The van der Waals surface area contributed by atoms with Gasteiger partial charge in [-0.1, -0.05) is 17.5 Å². The largest absolute Gasteiger partial charge is 0.477 e. The molecule has 6 heteroatoms. The molecule has 26 heavy (non-hydrogen) atoms. The number of benzene rings is 1. The molecule has 2 saturated heterocycles. The Morgan fingerprint density at radius 3 is 3.00 bits per heavy atom. The smallest absolute Gasteiger partial charge is 0.255 e. The summed E-state index contributed by atoms with van der Waals surface area (Å²) in [6.45, 7) is 6.87. The number of hydrogen-bond acceptors (Lipinski definition) is 4. The molecule has 2 unspecified atom stereocenters. The topological polar surface area (TPSA) is 67.6 Å². The standard InChI is InChI=1S/C20H26ClN3O2/c1-3-5-13(2)26-19-11-17(22)16(21)10-15(19)20(25)23-18-7-9-24-8-4-6-14(18)12-24/h10-11,13-14,18H,4,6-9,12,22H2,1-2H3,(H,23,25)/t13-,14?,18-/m0/s1. The Morgan fingerprint density at radius 1 is 1.42 bits per heavy atom. The summed E-state index contributed by atoms with van der Waals surface area (Å²) in [4.78, 5) is 15.4. The van der Waals surface area contributed by atoms with E-state index in [9.17, 15) is 4.79 Å². The fourth-order valence-corrected chi connectivity index (χ4v) is 4.05. The van der Waals surface area contributed by atoms with Gasteiger partial charge in [0.2, 0.25) is 0 Å². The predicted octanol–water partition coefficient (Wildman–Crippen LogP) is 2.93. The van der Waals surface area contributed by atoms with E-state index < -0.39 is 0 Å². The Balaban J connectivity index is 1.78. The summed E-state index contributed by atoms with van der Waals surface area (Å²) in [5, 5.41) is 3.55. The molecule has 0 saturated carbocycles. The van der Waals surface area contributed by atoms with Crippen molar-refractivity contribution in [3.63, 3.8) is 0 Å². The zero-order chi connectivity index (χ0) is 18.7. The van der Waals surface area contributed by atoms with Crippen LogP contribution in [0.15, 0.2) is 12.1 Å². The average Bonchev–Trinajstić information content (AvgIpc) is 2.61. The molecule has 2 aliphatic heterocycles. The maximum absolute atomic E-state index is 13.0. The summed E-state index contributed by atoms with van der Waals surface area (Å²) in [6.07, 6.45) is 3.00. The zero-order valence-electron chi connectivity index (χ0n) is 15.3. The number of anilines is 1. The van der Waals surface area contributed by atoms with E-state index in [1.807, 2.05) is 6.92 Å². The lowest BCUT2D eigenvalue weighted by Gasteiger charge is -2.42. The Morgan fingerprint density at radius 2 is 2.23 bits per heavy atom. The number of piperidine rings is 2. The molecule has 2 aliphatic rings. The maximum atomic E-state index is 13.0. The molecule has 0 aromatic heterocycles. The maximum Gasteiger partial charge on any atom is 0.255 e. The van der Waals surface area contributed by atoms with Crippen LogP contribution in [0.1, 0.15) is 43.5 Å². The van der Waals surface area contributed by atoms with Gasteiger partial charge >= 0.3 is 0 Å². The van der Waals surface area contributed by atoms with Crippen molar-refractivity contribution in [3.8, 4) is 17.6 Å². The van der Waals surface area contributed by atoms with Crippen LogP contribution < -0.4 is 15.8 Å². The fraction of sp³-hybridized carbons (Fsp3) is 0.550. The third-order valence-corrected chi connectivity index (χ3v) is 5.51. The quantitative estimate of drug-likeness (QED) is 0.627. The van der Waals surface area contributed by atoms with Crippen molar-refractivity contribution in [2.75, 3.05) is 25.4 Å². The minimum Gasteiger partial charge on any atom is -0.477 e. The molecule has 2 bridgehead atoms. The van der Waals surface area contributed by atoms with Crippen LogP contribution >= 0.6 is 11.6 Å². The number of ether oxygens (including phenoxy) is 1. The minimum atomic E-state index is -0.339. The van der Waals surface area contributed by atoms with Crippen LogP contribution in [-0.4, -0.2) is 42.6 Å². The van der Waals surface area contributed by atoms with Crippen LogP contribution in [0.25, 0.3) is 0 Å². The van der Waals surface area contributed by atoms with E-state index in [-0.39, 0.29) is 18.1 Å². The molecular weight excluding hydrogens is 350 g/mol. The van der Waals surface area contributed by atoms with Crippen LogP contribution in [0.4, 0.5) is 5.69 Å². The van der Waals surface area contributed by atoms with Gasteiger partial charge in [-0.3, -0.25) is 4.79 Å². The van der Waals surface area contributed by atoms with E-state index in [1.54, 1.807) is 19.1 Å². The lowest BCUT2D eigenvalue weighted by atomic mass is 9.85. The number of nitrogen functional groups attached to an aromatic ring is 1. The summed E-state index contributed by atoms with van der Waals surface area (Å²) >= 11 is 6.16. The SMILES string of the molecule is CC#C[C@H](C)Oc1cc(N)c(Cl)cc1C(=O)N[C@H]1CCN2CCCC1C2. The summed E-state index contributed by atoms with van der Waals surface area (Å²) in [5.74, 6) is 6.50. The third-order valence-electron chi connectivity index (χ3n) is 5.18. The average molecular weight is 376 g/mol. The predicted molar refractivity (Wildman–Crippen MR) is 104 cm³/mol. The highest BCUT2D eigenvalue weighted by atomic mass is 35.5. The van der Waals surface area contributed by atoms with Crippen molar-refractivity contribution in [1.29, 1.82) is 0 Å². The molecule has 3 rings (SSSR count). The first-order chi connectivity index (χ1) is 12.5. The van der Waals surface area contributed by atoms with E-state index in [0.717, 1.165) is 25.9 Å². The first-order valence-corrected chi connectivity index (χ1v) is 9.57. The van der Waals surface area contributed by atoms with Crippen LogP contribution in [0.3, 0.4) is 0 Å². The van der Waals surface area contributed by atoms with E-state index in [0.29, 0.717) is 27.9 Å². The Hall–Kier alpha value is -1.90. The number of nitrogens with zero attached hydrogens (tertiary/aromatic N) is 1. The van der Waals surface area contributed by atoms with Crippen molar-refractivity contribution in [3.05, 3.63) is 22.7 Å². The molecule has 1 aromatic rings. The minimum absolute atomic E-state index is 0.164. The van der Waals surface area contributed by atoms with Crippen molar-refractivity contribution < 1.29 is 9.53 Å². The lowest BCUT2D eigenvalue weighted by Crippen LogP contribution is -2.53. The highest BCUT2D eigenvalue weighted by Gasteiger charge is 2.33. The van der Waals surface area contributed by atoms with Crippen LogP contribution in [0, 0.1) is 17.8 Å². The van der Waals surface area contributed by atoms with E-state index >= 15 is 0 Å². The number of amides is 1. The van der Waals surface area contributed by atoms with Crippen molar-refractivity contribution >= 4 is 23.2 Å². The number of nitrogens with one attached hydrogen (secondary N) is 1. The van der Waals surface area contributed by atoms with Gasteiger partial charge in [0.25, 0.3) is 5.91 Å². The molecule has 5 nitrogen and oxygen atoms in total. The second-order valence-corrected chi connectivity index (χ2v) is 7.50. The first kappa shape index (κ1) is 18.9. The Kier molecular flexibility index (Phi) is 5.95. The molecule has 0 radical (unpaired) electrons. The highest BCUT2D eigenvalue weighted by molar-refractivity contribution is 6.33. The molecule has 140 valence electrons. The van der Waals surface area contributed by atoms with Crippen LogP contribution in [-0.2, 0) is 0 Å². The van der Waals surface area contributed by atoms with Gasteiger partial charge in [-0.05, 0) is 51.6 Å². The lowest BCUT2D eigenvalue weighted by molar-refractivity contribution is 0.0736. The number of fused-ring (bicyclic) bond motifs is 2. The summed E-state index contributed by atoms with van der Waals surface area (Å²) < 4.78 is 5.83. The van der Waals surface area contributed by atoms with E-state index in [1.165, 1.54) is 13.0 Å². The molecule has 2 heterocycles. The second-order valence-electron chi connectivity index (χ2n) is 7.10. The summed E-state index contributed by atoms with van der Waals surface area (Å²) in [5.41, 5.74) is 6.70. The molecule has 1 amide bonds.